The molecule has 168 valence electrons. The van der Waals surface area contributed by atoms with E-state index in [2.05, 4.69) is 20.8 Å². The van der Waals surface area contributed by atoms with E-state index < -0.39 is 11.7 Å². The van der Waals surface area contributed by atoms with Crippen molar-refractivity contribution in [1.29, 1.82) is 0 Å². The Morgan fingerprint density at radius 2 is 1.88 bits per heavy atom. The molecule has 0 unspecified atom stereocenters. The summed E-state index contributed by atoms with van der Waals surface area (Å²) >= 11 is 5.90. The number of anilines is 1. The second-order valence-electron chi connectivity index (χ2n) is 7.04. The Bertz CT molecular complexity index is 1290. The van der Waals surface area contributed by atoms with E-state index in [0.717, 1.165) is 5.56 Å². The fourth-order valence-electron chi connectivity index (χ4n) is 3.08. The van der Waals surface area contributed by atoms with E-state index in [9.17, 15) is 9.18 Å². The van der Waals surface area contributed by atoms with E-state index in [4.69, 9.17) is 21.1 Å². The molecular weight excluding hydrogens is 449 g/mol. The predicted octanol–water partition coefficient (Wildman–Crippen LogP) is 4.60. The normalized spacial score (nSPS) is 10.7. The molecule has 0 saturated carbocycles. The maximum absolute atomic E-state index is 14.4. The summed E-state index contributed by atoms with van der Waals surface area (Å²) in [6.45, 7) is 2.01. The van der Waals surface area contributed by atoms with Crippen LogP contribution in [-0.2, 0) is 6.61 Å². The van der Waals surface area contributed by atoms with Crippen LogP contribution < -0.4 is 14.8 Å². The zero-order valence-corrected chi connectivity index (χ0v) is 18.5. The maximum atomic E-state index is 14.4. The Balaban J connectivity index is 1.50. The molecule has 1 N–H and O–H groups in total. The third-order valence-corrected chi connectivity index (χ3v) is 5.05. The van der Waals surface area contributed by atoms with Crippen molar-refractivity contribution in [2.24, 2.45) is 0 Å². The van der Waals surface area contributed by atoms with Crippen molar-refractivity contribution in [3.63, 3.8) is 0 Å². The van der Waals surface area contributed by atoms with E-state index in [0.29, 0.717) is 34.6 Å². The average Bonchev–Trinajstić information content (AvgIpc) is 3.25. The van der Waals surface area contributed by atoms with Gasteiger partial charge in [0.1, 0.15) is 12.4 Å². The zero-order chi connectivity index (χ0) is 23.4. The summed E-state index contributed by atoms with van der Waals surface area (Å²) in [4.78, 5) is 12.8. The molecule has 0 atom stereocenters. The SMILES string of the molecule is COc1cc(C(=O)Nc2cc(-n3nnnc3C)ccc2F)ccc1OCc1ccc(Cl)cc1. The Kier molecular flexibility index (Phi) is 6.50. The van der Waals surface area contributed by atoms with E-state index in [1.165, 1.54) is 36.1 Å². The lowest BCUT2D eigenvalue weighted by Crippen LogP contribution is -2.14. The Morgan fingerprint density at radius 1 is 1.09 bits per heavy atom. The Labute approximate surface area is 193 Å². The van der Waals surface area contributed by atoms with Crippen molar-refractivity contribution in [2.45, 2.75) is 13.5 Å². The summed E-state index contributed by atoms with van der Waals surface area (Å²) in [6.07, 6.45) is 0. The standard InChI is InChI=1S/C23H19ClFN5O3/c1-14-27-28-29-30(14)18-8-9-19(25)20(12-18)26-23(31)16-5-10-21(22(11-16)32-2)33-13-15-3-6-17(24)7-4-15/h3-12H,13H2,1-2H3,(H,26,31). The van der Waals surface area contributed by atoms with Crippen LogP contribution in [0.4, 0.5) is 10.1 Å². The van der Waals surface area contributed by atoms with Gasteiger partial charge in [-0.2, -0.15) is 4.68 Å². The van der Waals surface area contributed by atoms with Crippen molar-refractivity contribution in [3.05, 3.63) is 88.5 Å². The number of tetrazole rings is 1. The van der Waals surface area contributed by atoms with Crippen LogP contribution in [0.25, 0.3) is 5.69 Å². The molecule has 4 rings (SSSR count). The van der Waals surface area contributed by atoms with E-state index >= 15 is 0 Å². The molecule has 0 spiro atoms. The van der Waals surface area contributed by atoms with Crippen LogP contribution in [0.3, 0.4) is 0 Å². The van der Waals surface area contributed by atoms with Gasteiger partial charge in [0, 0.05) is 10.6 Å². The highest BCUT2D eigenvalue weighted by molar-refractivity contribution is 6.30. The van der Waals surface area contributed by atoms with Gasteiger partial charge in [-0.3, -0.25) is 4.79 Å². The molecule has 0 bridgehead atoms. The molecule has 0 aliphatic heterocycles. The van der Waals surface area contributed by atoms with Gasteiger partial charge in [-0.15, -0.1) is 5.10 Å². The maximum Gasteiger partial charge on any atom is 0.255 e. The van der Waals surface area contributed by atoms with Crippen molar-refractivity contribution >= 4 is 23.2 Å². The van der Waals surface area contributed by atoms with Crippen molar-refractivity contribution < 1.29 is 18.7 Å². The molecule has 10 heteroatoms. The van der Waals surface area contributed by atoms with Crippen LogP contribution >= 0.6 is 11.6 Å². The predicted molar refractivity (Wildman–Crippen MR) is 121 cm³/mol. The number of ether oxygens (including phenoxy) is 2. The monoisotopic (exact) mass is 467 g/mol. The summed E-state index contributed by atoms with van der Waals surface area (Å²) in [5.74, 6) is 0.258. The van der Waals surface area contributed by atoms with Gasteiger partial charge >= 0.3 is 0 Å². The fourth-order valence-corrected chi connectivity index (χ4v) is 3.20. The van der Waals surface area contributed by atoms with Crippen molar-refractivity contribution in [1.82, 2.24) is 20.2 Å². The van der Waals surface area contributed by atoms with Gasteiger partial charge < -0.3 is 14.8 Å². The van der Waals surface area contributed by atoms with Gasteiger partial charge in [0.25, 0.3) is 5.91 Å². The number of methoxy groups -OCH3 is 1. The minimum absolute atomic E-state index is 0.00516. The van der Waals surface area contributed by atoms with Gasteiger partial charge in [-0.05, 0) is 71.4 Å². The number of carbonyl (C=O) groups is 1. The quantitative estimate of drug-likeness (QED) is 0.427. The summed E-state index contributed by atoms with van der Waals surface area (Å²) in [5, 5.41) is 14.5. The molecule has 8 nitrogen and oxygen atoms in total. The number of aromatic nitrogens is 4. The van der Waals surface area contributed by atoms with Crippen LogP contribution in [-0.4, -0.2) is 33.2 Å². The van der Waals surface area contributed by atoms with Crippen LogP contribution in [0.2, 0.25) is 5.02 Å². The second-order valence-corrected chi connectivity index (χ2v) is 7.47. The number of nitrogens with one attached hydrogen (secondary N) is 1. The number of carbonyl (C=O) groups excluding carboxylic acids is 1. The molecule has 3 aromatic carbocycles. The first-order chi connectivity index (χ1) is 15.9. The first kappa shape index (κ1) is 22.2. The highest BCUT2D eigenvalue weighted by Gasteiger charge is 2.15. The summed E-state index contributed by atoms with van der Waals surface area (Å²) in [5.41, 5.74) is 1.71. The number of hydrogen-bond acceptors (Lipinski definition) is 6. The van der Waals surface area contributed by atoms with E-state index in [1.54, 1.807) is 31.2 Å². The van der Waals surface area contributed by atoms with Gasteiger partial charge in [0.05, 0.1) is 18.5 Å². The molecule has 0 radical (unpaired) electrons. The van der Waals surface area contributed by atoms with E-state index in [1.807, 2.05) is 12.1 Å². The van der Waals surface area contributed by atoms with Crippen molar-refractivity contribution in [3.8, 4) is 17.2 Å². The fraction of sp³-hybridized carbons (Fsp3) is 0.130. The number of aryl methyl sites for hydroxylation is 1. The zero-order valence-electron chi connectivity index (χ0n) is 17.8. The number of benzene rings is 3. The van der Waals surface area contributed by atoms with Gasteiger partial charge in [-0.1, -0.05) is 23.7 Å². The minimum Gasteiger partial charge on any atom is -0.493 e. The smallest absolute Gasteiger partial charge is 0.255 e. The lowest BCUT2D eigenvalue weighted by molar-refractivity contribution is 0.102. The molecule has 0 fully saturated rings. The molecule has 1 heterocycles. The first-order valence-corrected chi connectivity index (χ1v) is 10.2. The summed E-state index contributed by atoms with van der Waals surface area (Å²) in [6, 6.07) is 16.2. The summed E-state index contributed by atoms with van der Waals surface area (Å²) in [7, 11) is 1.48. The molecule has 0 aliphatic rings. The number of amides is 1. The Hall–Kier alpha value is -3.98. The van der Waals surface area contributed by atoms with Crippen molar-refractivity contribution in [2.75, 3.05) is 12.4 Å². The van der Waals surface area contributed by atoms with Gasteiger partial charge in [0.15, 0.2) is 17.3 Å². The molecule has 0 saturated heterocycles. The lowest BCUT2D eigenvalue weighted by atomic mass is 10.1. The Morgan fingerprint density at radius 3 is 2.58 bits per heavy atom. The molecule has 0 aliphatic carbocycles. The third kappa shape index (κ3) is 5.09. The van der Waals surface area contributed by atoms with Crippen LogP contribution in [0.15, 0.2) is 60.7 Å². The molecule has 4 aromatic rings. The number of hydrogen-bond donors (Lipinski definition) is 1. The van der Waals surface area contributed by atoms with Gasteiger partial charge in [-0.25, -0.2) is 4.39 Å². The largest absolute Gasteiger partial charge is 0.493 e. The number of nitrogens with zero attached hydrogens (tertiary/aromatic N) is 4. The first-order valence-electron chi connectivity index (χ1n) is 9.86. The second kappa shape index (κ2) is 9.66. The van der Waals surface area contributed by atoms with E-state index in [-0.39, 0.29) is 11.3 Å². The average molecular weight is 468 g/mol. The number of halogens is 2. The molecule has 33 heavy (non-hydrogen) atoms. The molecule has 1 amide bonds. The van der Waals surface area contributed by atoms with Crippen LogP contribution in [0, 0.1) is 12.7 Å². The highest BCUT2D eigenvalue weighted by atomic mass is 35.5. The van der Waals surface area contributed by atoms with Crippen LogP contribution in [0.5, 0.6) is 11.5 Å². The molecular formula is C23H19ClFN5O3. The minimum atomic E-state index is -0.590. The third-order valence-electron chi connectivity index (χ3n) is 4.80. The topological polar surface area (TPSA) is 91.2 Å². The summed E-state index contributed by atoms with van der Waals surface area (Å²) < 4.78 is 27.0. The highest BCUT2D eigenvalue weighted by Crippen LogP contribution is 2.30. The lowest BCUT2D eigenvalue weighted by Gasteiger charge is -2.13. The van der Waals surface area contributed by atoms with Crippen LogP contribution in [0.1, 0.15) is 21.7 Å². The molecule has 1 aromatic heterocycles. The van der Waals surface area contributed by atoms with Gasteiger partial charge in [0.2, 0.25) is 0 Å². The number of rotatable bonds is 7.